The number of amides is 1. The van der Waals surface area contributed by atoms with Crippen LogP contribution in [0.4, 0.5) is 5.69 Å². The Labute approximate surface area is 136 Å². The summed E-state index contributed by atoms with van der Waals surface area (Å²) in [5.41, 5.74) is 2.47. The van der Waals surface area contributed by atoms with Crippen molar-refractivity contribution in [3.63, 3.8) is 0 Å². The minimum absolute atomic E-state index is 0.0829. The molecule has 0 aliphatic rings. The standard InChI is InChI=1S/C17H19NO4S/c1-12-8-9-14(10-13(12)2)22-11-17(19)18-15-6-4-5-7-16(15)23(3,20)21/h4-10H,11H2,1-3H3,(H,18,19). The normalized spacial score (nSPS) is 11.1. The Morgan fingerprint density at radius 1 is 1.09 bits per heavy atom. The average Bonchev–Trinajstić information content (AvgIpc) is 2.48. The van der Waals surface area contributed by atoms with Crippen molar-refractivity contribution in [2.45, 2.75) is 18.7 Å². The number of rotatable bonds is 5. The summed E-state index contributed by atoms with van der Waals surface area (Å²) in [5.74, 6) is 0.180. The third kappa shape index (κ3) is 4.56. The molecule has 0 aromatic heterocycles. The zero-order valence-electron chi connectivity index (χ0n) is 13.3. The molecule has 23 heavy (non-hydrogen) atoms. The predicted octanol–water partition coefficient (Wildman–Crippen LogP) is 2.72. The van der Waals surface area contributed by atoms with Crippen LogP contribution in [0, 0.1) is 13.8 Å². The maximum absolute atomic E-state index is 12.0. The fourth-order valence-electron chi connectivity index (χ4n) is 2.03. The highest BCUT2D eigenvalue weighted by molar-refractivity contribution is 7.90. The Hall–Kier alpha value is -2.34. The first-order valence-electron chi connectivity index (χ1n) is 7.06. The molecule has 0 aliphatic heterocycles. The number of anilines is 1. The van der Waals surface area contributed by atoms with Crippen molar-refractivity contribution in [2.75, 3.05) is 18.2 Å². The second-order valence-electron chi connectivity index (χ2n) is 5.35. The lowest BCUT2D eigenvalue weighted by Gasteiger charge is -2.11. The molecule has 2 aromatic rings. The van der Waals surface area contributed by atoms with Crippen LogP contribution in [0.25, 0.3) is 0 Å². The highest BCUT2D eigenvalue weighted by Gasteiger charge is 2.14. The molecule has 0 radical (unpaired) electrons. The molecule has 2 rings (SSSR count). The second-order valence-corrected chi connectivity index (χ2v) is 7.34. The van der Waals surface area contributed by atoms with Crippen LogP contribution in [0.1, 0.15) is 11.1 Å². The van der Waals surface area contributed by atoms with Crippen LogP contribution in [-0.2, 0) is 14.6 Å². The third-order valence-corrected chi connectivity index (χ3v) is 4.56. The van der Waals surface area contributed by atoms with E-state index in [1.165, 1.54) is 6.07 Å². The van der Waals surface area contributed by atoms with Gasteiger partial charge < -0.3 is 10.1 Å². The van der Waals surface area contributed by atoms with E-state index in [2.05, 4.69) is 5.32 Å². The van der Waals surface area contributed by atoms with Crippen molar-refractivity contribution in [1.29, 1.82) is 0 Å². The molecule has 2 aromatic carbocycles. The number of carbonyl (C=O) groups is 1. The molecule has 122 valence electrons. The zero-order valence-corrected chi connectivity index (χ0v) is 14.1. The van der Waals surface area contributed by atoms with E-state index < -0.39 is 15.7 Å². The summed E-state index contributed by atoms with van der Waals surface area (Å²) in [7, 11) is -3.41. The Bertz CT molecular complexity index is 828. The van der Waals surface area contributed by atoms with Crippen molar-refractivity contribution in [3.05, 3.63) is 53.6 Å². The first-order chi connectivity index (χ1) is 10.8. The molecule has 0 saturated heterocycles. The minimum atomic E-state index is -3.41. The van der Waals surface area contributed by atoms with Crippen LogP contribution >= 0.6 is 0 Å². The lowest BCUT2D eigenvalue weighted by molar-refractivity contribution is -0.118. The van der Waals surface area contributed by atoms with Gasteiger partial charge in [-0.2, -0.15) is 0 Å². The molecule has 0 bridgehead atoms. The van der Waals surface area contributed by atoms with Gasteiger partial charge in [-0.3, -0.25) is 4.79 Å². The number of carbonyl (C=O) groups excluding carboxylic acids is 1. The van der Waals surface area contributed by atoms with E-state index in [0.717, 1.165) is 17.4 Å². The fourth-order valence-corrected chi connectivity index (χ4v) is 2.88. The number of para-hydroxylation sites is 1. The quantitative estimate of drug-likeness (QED) is 0.913. The van der Waals surface area contributed by atoms with Crippen LogP contribution < -0.4 is 10.1 Å². The highest BCUT2D eigenvalue weighted by Crippen LogP contribution is 2.21. The van der Waals surface area contributed by atoms with E-state index in [4.69, 9.17) is 4.74 Å². The molecule has 0 heterocycles. The van der Waals surface area contributed by atoms with E-state index in [-0.39, 0.29) is 17.2 Å². The summed E-state index contributed by atoms with van der Waals surface area (Å²) in [6.07, 6.45) is 1.10. The van der Waals surface area contributed by atoms with Crippen LogP contribution in [0.3, 0.4) is 0 Å². The van der Waals surface area contributed by atoms with E-state index >= 15 is 0 Å². The number of benzene rings is 2. The van der Waals surface area contributed by atoms with Crippen molar-refractivity contribution in [3.8, 4) is 5.75 Å². The molecule has 0 spiro atoms. The summed E-state index contributed by atoms with van der Waals surface area (Å²) in [5, 5.41) is 2.57. The van der Waals surface area contributed by atoms with Gasteiger partial charge in [0.05, 0.1) is 10.6 Å². The van der Waals surface area contributed by atoms with Crippen molar-refractivity contribution in [2.24, 2.45) is 0 Å². The van der Waals surface area contributed by atoms with Gasteiger partial charge in [0.1, 0.15) is 5.75 Å². The Morgan fingerprint density at radius 3 is 2.43 bits per heavy atom. The molecule has 5 nitrogen and oxygen atoms in total. The average molecular weight is 333 g/mol. The first-order valence-corrected chi connectivity index (χ1v) is 8.95. The summed E-state index contributed by atoms with van der Waals surface area (Å²) in [4.78, 5) is 12.1. The van der Waals surface area contributed by atoms with Gasteiger partial charge in [-0.1, -0.05) is 18.2 Å². The van der Waals surface area contributed by atoms with E-state index in [9.17, 15) is 13.2 Å². The number of sulfone groups is 1. The lowest BCUT2D eigenvalue weighted by Crippen LogP contribution is -2.21. The van der Waals surface area contributed by atoms with Crippen molar-refractivity contribution >= 4 is 21.4 Å². The molecular formula is C17H19NO4S. The third-order valence-electron chi connectivity index (χ3n) is 3.41. The zero-order chi connectivity index (χ0) is 17.0. The number of ether oxygens (including phenoxy) is 1. The minimum Gasteiger partial charge on any atom is -0.484 e. The highest BCUT2D eigenvalue weighted by atomic mass is 32.2. The van der Waals surface area contributed by atoms with E-state index in [1.54, 1.807) is 24.3 Å². The van der Waals surface area contributed by atoms with Gasteiger partial charge in [0, 0.05) is 6.26 Å². The molecule has 0 unspecified atom stereocenters. The van der Waals surface area contributed by atoms with Crippen molar-refractivity contribution < 1.29 is 17.9 Å². The number of nitrogens with one attached hydrogen (secondary N) is 1. The van der Waals surface area contributed by atoms with Crippen molar-refractivity contribution in [1.82, 2.24) is 0 Å². The Morgan fingerprint density at radius 2 is 1.78 bits per heavy atom. The number of aryl methyl sites for hydroxylation is 2. The van der Waals surface area contributed by atoms with Gasteiger partial charge >= 0.3 is 0 Å². The fraction of sp³-hybridized carbons (Fsp3) is 0.235. The molecule has 0 fully saturated rings. The lowest BCUT2D eigenvalue weighted by atomic mass is 10.1. The number of hydrogen-bond donors (Lipinski definition) is 1. The second kappa shape index (κ2) is 6.83. The van der Waals surface area contributed by atoms with Gasteiger partial charge in [0.2, 0.25) is 0 Å². The summed E-state index contributed by atoms with van der Waals surface area (Å²) in [6, 6.07) is 11.8. The first kappa shape index (κ1) is 17.0. The molecule has 0 atom stereocenters. The van der Waals surface area contributed by atoms with Crippen LogP contribution in [0.2, 0.25) is 0 Å². The van der Waals surface area contributed by atoms with E-state index in [1.807, 2.05) is 26.0 Å². The maximum atomic E-state index is 12.0. The van der Waals surface area contributed by atoms with Gasteiger partial charge in [-0.15, -0.1) is 0 Å². The molecule has 0 aliphatic carbocycles. The monoisotopic (exact) mass is 333 g/mol. The predicted molar refractivity (Wildman–Crippen MR) is 89.6 cm³/mol. The Kier molecular flexibility index (Phi) is 5.05. The van der Waals surface area contributed by atoms with Gasteiger partial charge in [-0.25, -0.2) is 8.42 Å². The summed E-state index contributed by atoms with van der Waals surface area (Å²) >= 11 is 0. The van der Waals surface area contributed by atoms with Gasteiger partial charge in [-0.05, 0) is 49.2 Å². The molecule has 1 amide bonds. The maximum Gasteiger partial charge on any atom is 0.262 e. The van der Waals surface area contributed by atoms with Crippen LogP contribution in [0.5, 0.6) is 5.75 Å². The molecule has 0 saturated carbocycles. The molecule has 1 N–H and O–H groups in total. The summed E-state index contributed by atoms with van der Waals surface area (Å²) in [6.45, 7) is 3.76. The van der Waals surface area contributed by atoms with Gasteiger partial charge in [0.25, 0.3) is 5.91 Å². The Balaban J connectivity index is 2.04. The number of hydrogen-bond acceptors (Lipinski definition) is 4. The van der Waals surface area contributed by atoms with E-state index in [0.29, 0.717) is 5.75 Å². The topological polar surface area (TPSA) is 72.5 Å². The van der Waals surface area contributed by atoms with Gasteiger partial charge in [0.15, 0.2) is 16.4 Å². The summed E-state index contributed by atoms with van der Waals surface area (Å²) < 4.78 is 28.8. The molecule has 6 heteroatoms. The van der Waals surface area contributed by atoms with Crippen LogP contribution in [0.15, 0.2) is 47.4 Å². The molecular weight excluding hydrogens is 314 g/mol. The smallest absolute Gasteiger partial charge is 0.262 e. The SMILES string of the molecule is Cc1ccc(OCC(=O)Nc2ccccc2S(C)(=O)=O)cc1C. The van der Waals surface area contributed by atoms with Crippen LogP contribution in [-0.4, -0.2) is 27.2 Å². The largest absolute Gasteiger partial charge is 0.484 e.